The Morgan fingerprint density at radius 2 is 1.94 bits per heavy atom. The molecule has 2 N–H and O–H groups in total. The summed E-state index contributed by atoms with van der Waals surface area (Å²) in [6.07, 6.45) is 2.58. The van der Waals surface area contributed by atoms with Crippen molar-refractivity contribution < 1.29 is 19.2 Å². The van der Waals surface area contributed by atoms with Gasteiger partial charge in [-0.25, -0.2) is 9.78 Å². The van der Waals surface area contributed by atoms with Gasteiger partial charge in [0.1, 0.15) is 11.9 Å². The van der Waals surface area contributed by atoms with E-state index in [0.29, 0.717) is 23.6 Å². The Kier molecular flexibility index (Phi) is 7.33. The summed E-state index contributed by atoms with van der Waals surface area (Å²) in [5.74, 6) is 0.329. The lowest BCUT2D eigenvalue weighted by Crippen LogP contribution is -2.51. The molecule has 0 unspecified atom stereocenters. The SMILES string of the molecule is COC(=O)N[C@H](C(=O)N1CCC[C@H]1c1ncc(-c2ccc([N+](=O)[O-])c(-c3ccccc3)c2)[nH]1)C(C)C. The number of hydrogen-bond donors (Lipinski definition) is 2. The summed E-state index contributed by atoms with van der Waals surface area (Å²) in [7, 11) is 1.27. The number of benzene rings is 2. The first-order valence-electron chi connectivity index (χ1n) is 11.8. The number of methoxy groups -OCH3 is 1. The monoisotopic (exact) mass is 491 g/mol. The molecule has 0 spiro atoms. The molecule has 1 aliphatic heterocycles. The Hall–Kier alpha value is -4.21. The van der Waals surface area contributed by atoms with Gasteiger partial charge in [0.15, 0.2) is 0 Å². The average Bonchev–Trinajstić information content (AvgIpc) is 3.56. The zero-order valence-corrected chi connectivity index (χ0v) is 20.4. The number of aromatic amines is 1. The topological polar surface area (TPSA) is 130 Å². The number of ether oxygens (including phenoxy) is 1. The molecular weight excluding hydrogens is 462 g/mol. The summed E-state index contributed by atoms with van der Waals surface area (Å²) in [6, 6.07) is 13.2. The summed E-state index contributed by atoms with van der Waals surface area (Å²) in [5.41, 5.74) is 2.73. The van der Waals surface area contributed by atoms with E-state index in [0.717, 1.165) is 24.0 Å². The molecule has 0 aliphatic carbocycles. The van der Waals surface area contributed by atoms with Gasteiger partial charge in [0.2, 0.25) is 5.91 Å². The van der Waals surface area contributed by atoms with E-state index in [1.165, 1.54) is 13.2 Å². The minimum absolute atomic E-state index is 0.0232. The molecule has 0 bridgehead atoms. The van der Waals surface area contributed by atoms with Gasteiger partial charge < -0.3 is 19.9 Å². The number of likely N-dealkylation sites (tertiary alicyclic amines) is 1. The number of amides is 2. The van der Waals surface area contributed by atoms with Crippen LogP contribution in [-0.4, -0.2) is 51.5 Å². The van der Waals surface area contributed by atoms with Crippen LogP contribution in [0.25, 0.3) is 22.4 Å². The zero-order valence-electron chi connectivity index (χ0n) is 20.4. The number of aromatic nitrogens is 2. The molecule has 36 heavy (non-hydrogen) atoms. The van der Waals surface area contributed by atoms with E-state index in [9.17, 15) is 19.7 Å². The van der Waals surface area contributed by atoms with Gasteiger partial charge in [-0.15, -0.1) is 0 Å². The fourth-order valence-electron chi connectivity index (χ4n) is 4.56. The van der Waals surface area contributed by atoms with E-state index in [-0.39, 0.29) is 28.5 Å². The highest BCUT2D eigenvalue weighted by atomic mass is 16.6. The van der Waals surface area contributed by atoms with E-state index < -0.39 is 12.1 Å². The van der Waals surface area contributed by atoms with E-state index in [1.807, 2.05) is 44.2 Å². The Balaban J connectivity index is 1.62. The van der Waals surface area contributed by atoms with E-state index in [2.05, 4.69) is 15.3 Å². The molecule has 1 saturated heterocycles. The van der Waals surface area contributed by atoms with Crippen LogP contribution in [0.5, 0.6) is 0 Å². The average molecular weight is 492 g/mol. The molecule has 1 aliphatic rings. The first-order chi connectivity index (χ1) is 17.3. The third-order valence-electron chi connectivity index (χ3n) is 6.43. The third-order valence-corrected chi connectivity index (χ3v) is 6.43. The Morgan fingerprint density at radius 3 is 2.61 bits per heavy atom. The molecule has 2 heterocycles. The predicted molar refractivity (Wildman–Crippen MR) is 134 cm³/mol. The van der Waals surface area contributed by atoms with Crippen LogP contribution in [0.1, 0.15) is 38.6 Å². The van der Waals surface area contributed by atoms with Crippen molar-refractivity contribution >= 4 is 17.7 Å². The first kappa shape index (κ1) is 24.9. The smallest absolute Gasteiger partial charge is 0.407 e. The normalized spacial score (nSPS) is 16.1. The molecule has 1 aromatic heterocycles. The van der Waals surface area contributed by atoms with Crippen molar-refractivity contribution in [2.24, 2.45) is 5.92 Å². The number of H-pyrrole nitrogens is 1. The number of alkyl carbamates (subject to hydrolysis) is 1. The molecule has 2 atom stereocenters. The number of hydrogen-bond acceptors (Lipinski definition) is 6. The van der Waals surface area contributed by atoms with Gasteiger partial charge in [-0.1, -0.05) is 44.2 Å². The number of nitro benzene ring substituents is 1. The lowest BCUT2D eigenvalue weighted by atomic mass is 10.00. The lowest BCUT2D eigenvalue weighted by Gasteiger charge is -2.30. The van der Waals surface area contributed by atoms with Crippen LogP contribution in [0.3, 0.4) is 0 Å². The maximum Gasteiger partial charge on any atom is 0.407 e. The van der Waals surface area contributed by atoms with Crippen LogP contribution >= 0.6 is 0 Å². The van der Waals surface area contributed by atoms with Crippen molar-refractivity contribution in [1.29, 1.82) is 0 Å². The van der Waals surface area contributed by atoms with Crippen LogP contribution in [0.4, 0.5) is 10.5 Å². The molecular formula is C26H29N5O5. The molecule has 4 rings (SSSR count). The van der Waals surface area contributed by atoms with Crippen molar-refractivity contribution in [2.75, 3.05) is 13.7 Å². The standard InChI is InChI=1S/C26H29N5O5/c1-16(2)23(29-26(33)36-3)25(32)30-13-7-10-22(30)24-27-15-20(28-24)18-11-12-21(31(34)35)19(14-18)17-8-5-4-6-9-17/h4-6,8-9,11-12,14-16,22-23H,7,10,13H2,1-3H3,(H,27,28)(H,29,33)/t22-,23-/m0/s1. The molecule has 2 aromatic carbocycles. The number of nitrogens with one attached hydrogen (secondary N) is 2. The quantitative estimate of drug-likeness (QED) is 0.364. The highest BCUT2D eigenvalue weighted by molar-refractivity contribution is 5.86. The van der Waals surface area contributed by atoms with Crippen molar-refractivity contribution in [1.82, 2.24) is 20.2 Å². The maximum absolute atomic E-state index is 13.4. The fraction of sp³-hybridized carbons (Fsp3) is 0.346. The van der Waals surface area contributed by atoms with Gasteiger partial charge in [-0.2, -0.15) is 0 Å². The number of imidazole rings is 1. The Labute approximate surface area is 208 Å². The van der Waals surface area contributed by atoms with Gasteiger partial charge >= 0.3 is 6.09 Å². The van der Waals surface area contributed by atoms with Crippen LogP contribution in [0, 0.1) is 16.0 Å². The molecule has 188 valence electrons. The minimum Gasteiger partial charge on any atom is -0.453 e. The molecule has 2 amide bonds. The summed E-state index contributed by atoms with van der Waals surface area (Å²) >= 11 is 0. The summed E-state index contributed by atoms with van der Waals surface area (Å²) in [5, 5.41) is 14.3. The molecule has 0 radical (unpaired) electrons. The van der Waals surface area contributed by atoms with E-state index >= 15 is 0 Å². The van der Waals surface area contributed by atoms with E-state index in [1.54, 1.807) is 23.2 Å². The van der Waals surface area contributed by atoms with Crippen LogP contribution < -0.4 is 5.32 Å². The molecule has 3 aromatic rings. The molecule has 10 nitrogen and oxygen atoms in total. The number of rotatable bonds is 7. The summed E-state index contributed by atoms with van der Waals surface area (Å²) in [6.45, 7) is 4.29. The van der Waals surface area contributed by atoms with Gasteiger partial charge in [0.05, 0.1) is 35.5 Å². The first-order valence-corrected chi connectivity index (χ1v) is 11.8. The number of nitrogens with zero attached hydrogens (tertiary/aromatic N) is 3. The van der Waals surface area contributed by atoms with Gasteiger partial charge in [-0.05, 0) is 36.5 Å². The Morgan fingerprint density at radius 1 is 1.19 bits per heavy atom. The highest BCUT2D eigenvalue weighted by Crippen LogP contribution is 2.36. The number of carbonyl (C=O) groups excluding carboxylic acids is 2. The Bertz CT molecular complexity index is 1260. The van der Waals surface area contributed by atoms with Crippen molar-refractivity contribution in [3.8, 4) is 22.4 Å². The van der Waals surface area contributed by atoms with Crippen molar-refractivity contribution in [2.45, 2.75) is 38.8 Å². The maximum atomic E-state index is 13.4. The van der Waals surface area contributed by atoms with Gasteiger partial charge in [-0.3, -0.25) is 14.9 Å². The van der Waals surface area contributed by atoms with Crippen LogP contribution in [0.2, 0.25) is 0 Å². The predicted octanol–water partition coefficient (Wildman–Crippen LogP) is 4.70. The molecule has 10 heteroatoms. The minimum atomic E-state index is -0.712. The van der Waals surface area contributed by atoms with Crippen molar-refractivity contribution in [3.63, 3.8) is 0 Å². The lowest BCUT2D eigenvalue weighted by molar-refractivity contribution is -0.384. The zero-order chi connectivity index (χ0) is 25.8. The molecule has 0 saturated carbocycles. The second kappa shape index (κ2) is 10.6. The fourth-order valence-corrected chi connectivity index (χ4v) is 4.56. The number of carbonyl (C=O) groups is 2. The van der Waals surface area contributed by atoms with Gasteiger partial charge in [0, 0.05) is 18.2 Å². The number of nitro groups is 1. The van der Waals surface area contributed by atoms with Gasteiger partial charge in [0.25, 0.3) is 5.69 Å². The molecule has 1 fully saturated rings. The van der Waals surface area contributed by atoms with E-state index in [4.69, 9.17) is 4.74 Å². The highest BCUT2D eigenvalue weighted by Gasteiger charge is 2.37. The summed E-state index contributed by atoms with van der Waals surface area (Å²) < 4.78 is 4.69. The van der Waals surface area contributed by atoms with Crippen molar-refractivity contribution in [3.05, 3.63) is 70.7 Å². The largest absolute Gasteiger partial charge is 0.453 e. The second-order valence-electron chi connectivity index (χ2n) is 9.08. The van der Waals surface area contributed by atoms with Crippen LogP contribution in [0.15, 0.2) is 54.7 Å². The third kappa shape index (κ3) is 5.07. The summed E-state index contributed by atoms with van der Waals surface area (Å²) in [4.78, 5) is 46.0. The van der Waals surface area contributed by atoms with Crippen LogP contribution in [-0.2, 0) is 9.53 Å². The second-order valence-corrected chi connectivity index (χ2v) is 9.08.